The molecule has 7 nitrogen and oxygen atoms in total. The van der Waals surface area contributed by atoms with Crippen molar-refractivity contribution in [1.29, 1.82) is 0 Å². The fourth-order valence-corrected chi connectivity index (χ4v) is 2.30. The minimum Gasteiger partial charge on any atom is -0.493 e. The summed E-state index contributed by atoms with van der Waals surface area (Å²) in [7, 11) is 1.45. The van der Waals surface area contributed by atoms with Crippen molar-refractivity contribution in [2.24, 2.45) is 0 Å². The molecule has 0 radical (unpaired) electrons. The van der Waals surface area contributed by atoms with Crippen LogP contribution in [0.1, 0.15) is 22.8 Å². The van der Waals surface area contributed by atoms with Gasteiger partial charge >= 0.3 is 6.61 Å². The summed E-state index contributed by atoms with van der Waals surface area (Å²) in [6, 6.07) is 10.6. The minimum absolute atomic E-state index is 0.0722. The molecule has 2 N–H and O–H groups in total. The molecule has 0 unspecified atom stereocenters. The van der Waals surface area contributed by atoms with Crippen LogP contribution in [0.15, 0.2) is 48.5 Å². The number of hydrogen-bond donors (Lipinski definition) is 2. The predicted molar refractivity (Wildman–Crippen MR) is 102 cm³/mol. The van der Waals surface area contributed by atoms with Gasteiger partial charge in [0.25, 0.3) is 11.8 Å². The van der Waals surface area contributed by atoms with Crippen molar-refractivity contribution in [3.05, 3.63) is 59.7 Å². The lowest BCUT2D eigenvalue weighted by molar-refractivity contribution is -0.117. The monoisotopic (exact) mass is 406 g/mol. The highest BCUT2D eigenvalue weighted by Gasteiger charge is 2.12. The minimum atomic E-state index is -2.98. The summed E-state index contributed by atoms with van der Waals surface area (Å²) in [5.41, 5.74) is 4.97. The Kier molecular flexibility index (Phi) is 7.96. The first-order valence-electron chi connectivity index (χ1n) is 8.57. The average Bonchev–Trinajstić information content (AvgIpc) is 2.71. The molecule has 0 saturated carbocycles. The maximum atomic E-state index is 12.4. The molecule has 2 aromatic rings. The Bertz CT molecular complexity index is 887. The van der Waals surface area contributed by atoms with Crippen LogP contribution in [-0.2, 0) is 4.79 Å². The first kappa shape index (κ1) is 21.7. The van der Waals surface area contributed by atoms with E-state index < -0.39 is 18.4 Å². The van der Waals surface area contributed by atoms with Gasteiger partial charge in [0.2, 0.25) is 0 Å². The van der Waals surface area contributed by atoms with Gasteiger partial charge in [-0.3, -0.25) is 20.4 Å². The maximum Gasteiger partial charge on any atom is 0.387 e. The second-order valence-electron chi connectivity index (χ2n) is 5.49. The van der Waals surface area contributed by atoms with Crippen molar-refractivity contribution in [1.82, 2.24) is 10.9 Å². The van der Waals surface area contributed by atoms with Crippen molar-refractivity contribution < 1.29 is 32.6 Å². The highest BCUT2D eigenvalue weighted by molar-refractivity contribution is 5.98. The van der Waals surface area contributed by atoms with Crippen molar-refractivity contribution >= 4 is 17.9 Å². The molecule has 2 rings (SSSR count). The zero-order valence-electron chi connectivity index (χ0n) is 15.8. The molecule has 0 aliphatic heterocycles. The highest BCUT2D eigenvalue weighted by Crippen LogP contribution is 2.28. The molecule has 0 bridgehead atoms. The molecular formula is C20H20F2N2O5. The standard InChI is InChI=1S/C20H20F2N2O5/c1-3-28-16-10-8-14(12-17(16)27-2)19(26)24-23-18(25)11-9-13-6-4-5-7-15(13)29-20(21)22/h4-12,20H,3H2,1-2H3,(H,23,25)(H,24,26)/b11-9+. The van der Waals surface area contributed by atoms with Gasteiger partial charge in [0.1, 0.15) is 5.75 Å². The molecule has 0 aliphatic carbocycles. The molecule has 2 aromatic carbocycles. The van der Waals surface area contributed by atoms with Crippen LogP contribution in [0.5, 0.6) is 17.2 Å². The van der Waals surface area contributed by atoms with Crippen molar-refractivity contribution in [2.45, 2.75) is 13.5 Å². The third kappa shape index (κ3) is 6.49. The largest absolute Gasteiger partial charge is 0.493 e. The number of methoxy groups -OCH3 is 1. The average molecular weight is 406 g/mol. The number of hydrogen-bond acceptors (Lipinski definition) is 5. The quantitative estimate of drug-likeness (QED) is 0.520. The Morgan fingerprint density at radius 2 is 1.83 bits per heavy atom. The molecule has 0 fully saturated rings. The number of carbonyl (C=O) groups excluding carboxylic acids is 2. The first-order chi connectivity index (χ1) is 13.9. The van der Waals surface area contributed by atoms with Gasteiger partial charge in [-0.1, -0.05) is 18.2 Å². The van der Waals surface area contributed by atoms with Gasteiger partial charge < -0.3 is 14.2 Å². The molecule has 0 spiro atoms. The summed E-state index contributed by atoms with van der Waals surface area (Å²) >= 11 is 0. The number of benzene rings is 2. The predicted octanol–water partition coefficient (Wildman–Crippen LogP) is 3.17. The Labute approximate surface area is 166 Å². The van der Waals surface area contributed by atoms with Gasteiger partial charge in [0, 0.05) is 17.2 Å². The van der Waals surface area contributed by atoms with Crippen molar-refractivity contribution in [2.75, 3.05) is 13.7 Å². The van der Waals surface area contributed by atoms with Crippen LogP contribution < -0.4 is 25.1 Å². The van der Waals surface area contributed by atoms with E-state index in [9.17, 15) is 18.4 Å². The smallest absolute Gasteiger partial charge is 0.387 e. The Hall–Kier alpha value is -3.62. The van der Waals surface area contributed by atoms with Gasteiger partial charge in [0.05, 0.1) is 13.7 Å². The molecular weight excluding hydrogens is 386 g/mol. The lowest BCUT2D eigenvalue weighted by Gasteiger charge is -2.11. The Balaban J connectivity index is 1.97. The zero-order valence-corrected chi connectivity index (χ0v) is 15.8. The normalized spacial score (nSPS) is 10.7. The number of carbonyl (C=O) groups is 2. The number of para-hydroxylation sites is 1. The number of nitrogens with one attached hydrogen (secondary N) is 2. The van der Waals surface area contributed by atoms with Gasteiger partial charge in [-0.05, 0) is 37.3 Å². The summed E-state index contributed by atoms with van der Waals surface area (Å²) < 4.78 is 39.7. The van der Waals surface area contributed by atoms with E-state index in [4.69, 9.17) is 9.47 Å². The van der Waals surface area contributed by atoms with Crippen LogP contribution in [-0.4, -0.2) is 32.1 Å². The maximum absolute atomic E-state index is 12.4. The van der Waals surface area contributed by atoms with E-state index in [1.165, 1.54) is 43.5 Å². The lowest BCUT2D eigenvalue weighted by atomic mass is 10.2. The molecule has 154 valence electrons. The Morgan fingerprint density at radius 1 is 1.07 bits per heavy atom. The van der Waals surface area contributed by atoms with Crippen LogP contribution in [0.2, 0.25) is 0 Å². The molecule has 0 aliphatic rings. The second kappa shape index (κ2) is 10.6. The number of ether oxygens (including phenoxy) is 3. The van der Waals surface area contributed by atoms with Crippen molar-refractivity contribution in [3.63, 3.8) is 0 Å². The van der Waals surface area contributed by atoms with Gasteiger partial charge in [-0.2, -0.15) is 8.78 Å². The molecule has 9 heteroatoms. The fraction of sp³-hybridized carbons (Fsp3) is 0.200. The molecule has 2 amide bonds. The van der Waals surface area contributed by atoms with E-state index in [0.29, 0.717) is 18.1 Å². The van der Waals surface area contributed by atoms with E-state index in [1.807, 2.05) is 6.92 Å². The summed E-state index contributed by atoms with van der Waals surface area (Å²) in [6.07, 6.45) is 2.37. The Morgan fingerprint density at radius 3 is 2.52 bits per heavy atom. The highest BCUT2D eigenvalue weighted by atomic mass is 19.3. The molecule has 0 heterocycles. The van der Waals surface area contributed by atoms with Crippen molar-refractivity contribution in [3.8, 4) is 17.2 Å². The number of halogens is 2. The van der Waals surface area contributed by atoms with Gasteiger partial charge in [-0.25, -0.2) is 0 Å². The van der Waals surface area contributed by atoms with Crippen LogP contribution in [0.3, 0.4) is 0 Å². The second-order valence-corrected chi connectivity index (χ2v) is 5.49. The van der Waals surface area contributed by atoms with Crippen LogP contribution >= 0.6 is 0 Å². The number of alkyl halides is 2. The topological polar surface area (TPSA) is 85.9 Å². The summed E-state index contributed by atoms with van der Waals surface area (Å²) in [5.74, 6) is -0.445. The number of hydrazine groups is 1. The molecule has 0 aromatic heterocycles. The van der Waals surface area contributed by atoms with Crippen LogP contribution in [0.25, 0.3) is 6.08 Å². The number of amides is 2. The van der Waals surface area contributed by atoms with E-state index in [-0.39, 0.29) is 16.9 Å². The first-order valence-corrected chi connectivity index (χ1v) is 8.57. The summed E-state index contributed by atoms with van der Waals surface area (Å²) in [5, 5.41) is 0. The summed E-state index contributed by atoms with van der Waals surface area (Å²) in [6.45, 7) is -0.722. The zero-order chi connectivity index (χ0) is 21.2. The van der Waals surface area contributed by atoms with Crippen LogP contribution in [0, 0.1) is 0 Å². The lowest BCUT2D eigenvalue weighted by Crippen LogP contribution is -2.40. The van der Waals surface area contributed by atoms with Gasteiger partial charge in [0.15, 0.2) is 11.5 Å². The molecule has 0 saturated heterocycles. The third-order valence-corrected chi connectivity index (χ3v) is 3.57. The summed E-state index contributed by atoms with van der Waals surface area (Å²) in [4.78, 5) is 24.1. The fourth-order valence-electron chi connectivity index (χ4n) is 2.30. The van der Waals surface area contributed by atoms with E-state index in [1.54, 1.807) is 12.1 Å². The number of rotatable bonds is 8. The van der Waals surface area contributed by atoms with Gasteiger partial charge in [-0.15, -0.1) is 0 Å². The SMILES string of the molecule is CCOc1ccc(C(=O)NNC(=O)/C=C/c2ccccc2OC(F)F)cc1OC. The molecule has 29 heavy (non-hydrogen) atoms. The van der Waals surface area contributed by atoms with E-state index in [2.05, 4.69) is 15.6 Å². The molecule has 0 atom stereocenters. The third-order valence-electron chi connectivity index (χ3n) is 3.57. The van der Waals surface area contributed by atoms with E-state index in [0.717, 1.165) is 6.08 Å². The van der Waals surface area contributed by atoms with E-state index >= 15 is 0 Å². The van der Waals surface area contributed by atoms with Crippen LogP contribution in [0.4, 0.5) is 8.78 Å².